The second kappa shape index (κ2) is 6.43. The fraction of sp³-hybridized carbons (Fsp3) is 0.900. The van der Waals surface area contributed by atoms with E-state index in [4.69, 9.17) is 4.74 Å². The van der Waals surface area contributed by atoms with Crippen molar-refractivity contribution in [1.82, 2.24) is 5.32 Å². The Labute approximate surface area is 90.0 Å². The Balaban J connectivity index is 2.12. The molecule has 4 heteroatoms. The Morgan fingerprint density at radius 1 is 1.64 bits per heavy atom. The van der Waals surface area contributed by atoms with Gasteiger partial charge in [0, 0.05) is 30.5 Å². The zero-order chi connectivity index (χ0) is 10.4. The lowest BCUT2D eigenvalue weighted by atomic mass is 10.1. The van der Waals surface area contributed by atoms with E-state index in [2.05, 4.69) is 5.32 Å². The fourth-order valence-electron chi connectivity index (χ4n) is 1.34. The lowest BCUT2D eigenvalue weighted by Gasteiger charge is -2.22. The fourth-order valence-corrected chi connectivity index (χ4v) is 2.29. The number of carbonyl (C=O) groups is 1. The van der Waals surface area contributed by atoms with Gasteiger partial charge in [-0.05, 0) is 13.8 Å². The van der Waals surface area contributed by atoms with Gasteiger partial charge < -0.3 is 10.1 Å². The third-order valence-corrected chi connectivity index (χ3v) is 3.18. The molecule has 1 rings (SSSR count). The zero-order valence-electron chi connectivity index (χ0n) is 8.91. The maximum Gasteiger partial charge on any atom is 0.160 e. The number of carbonyl (C=O) groups excluding carboxylic acids is 1. The van der Waals surface area contributed by atoms with Crippen molar-refractivity contribution in [1.29, 1.82) is 0 Å². The van der Waals surface area contributed by atoms with Gasteiger partial charge in [0.2, 0.25) is 0 Å². The third-order valence-electron chi connectivity index (χ3n) is 2.05. The van der Waals surface area contributed by atoms with Gasteiger partial charge >= 0.3 is 0 Å². The van der Waals surface area contributed by atoms with E-state index in [9.17, 15) is 4.79 Å². The molecule has 0 aliphatic carbocycles. The molecule has 14 heavy (non-hydrogen) atoms. The Morgan fingerprint density at radius 3 is 3.00 bits per heavy atom. The van der Waals surface area contributed by atoms with Crippen molar-refractivity contribution in [3.63, 3.8) is 0 Å². The van der Waals surface area contributed by atoms with Crippen molar-refractivity contribution < 1.29 is 9.53 Å². The molecule has 82 valence electrons. The molecule has 0 bridgehead atoms. The minimum atomic E-state index is 0.146. The molecule has 1 heterocycles. The molecule has 1 unspecified atom stereocenters. The lowest BCUT2D eigenvalue weighted by molar-refractivity contribution is -0.125. The second-order valence-electron chi connectivity index (χ2n) is 3.83. The average Bonchev–Trinajstić information content (AvgIpc) is 2.16. The van der Waals surface area contributed by atoms with Gasteiger partial charge in [-0.2, -0.15) is 11.8 Å². The number of ketones is 1. The van der Waals surface area contributed by atoms with Crippen LogP contribution in [0, 0.1) is 0 Å². The van der Waals surface area contributed by atoms with Gasteiger partial charge in [-0.25, -0.2) is 0 Å². The molecular weight excluding hydrogens is 198 g/mol. The molecule has 0 aromatic carbocycles. The van der Waals surface area contributed by atoms with Gasteiger partial charge in [0.15, 0.2) is 5.78 Å². The van der Waals surface area contributed by atoms with Crippen LogP contribution >= 0.6 is 11.8 Å². The Morgan fingerprint density at radius 2 is 2.43 bits per heavy atom. The maximum absolute atomic E-state index is 11.4. The molecule has 1 fully saturated rings. The van der Waals surface area contributed by atoms with Gasteiger partial charge in [-0.1, -0.05) is 0 Å². The highest BCUT2D eigenvalue weighted by molar-refractivity contribution is 7.99. The van der Waals surface area contributed by atoms with Gasteiger partial charge in [0.1, 0.15) is 6.61 Å². The van der Waals surface area contributed by atoms with Crippen LogP contribution < -0.4 is 5.32 Å². The minimum Gasteiger partial charge on any atom is -0.371 e. The molecule has 1 atom stereocenters. The first kappa shape index (κ1) is 12.0. The van der Waals surface area contributed by atoms with E-state index >= 15 is 0 Å². The number of ether oxygens (including phenoxy) is 1. The minimum absolute atomic E-state index is 0.146. The quantitative estimate of drug-likeness (QED) is 0.748. The van der Waals surface area contributed by atoms with Crippen LogP contribution in [-0.4, -0.2) is 42.6 Å². The highest BCUT2D eigenvalue weighted by atomic mass is 32.2. The summed E-state index contributed by atoms with van der Waals surface area (Å²) in [4.78, 5) is 11.4. The molecule has 1 N–H and O–H groups in total. The molecule has 1 aliphatic heterocycles. The summed E-state index contributed by atoms with van der Waals surface area (Å²) in [5, 5.41) is 3.34. The van der Waals surface area contributed by atoms with Crippen molar-refractivity contribution >= 4 is 17.5 Å². The van der Waals surface area contributed by atoms with Crippen molar-refractivity contribution in [2.75, 3.05) is 24.7 Å². The van der Waals surface area contributed by atoms with Crippen LogP contribution in [-0.2, 0) is 9.53 Å². The predicted octanol–water partition coefficient (Wildman–Crippen LogP) is 1.08. The van der Waals surface area contributed by atoms with Crippen LogP contribution in [0.3, 0.4) is 0 Å². The SMILES string of the molecule is CC(C)OCC(=O)CC1CSCCN1. The Kier molecular flexibility index (Phi) is 5.52. The van der Waals surface area contributed by atoms with Crippen LogP contribution in [0.15, 0.2) is 0 Å². The monoisotopic (exact) mass is 217 g/mol. The first-order chi connectivity index (χ1) is 6.68. The molecule has 1 aliphatic rings. The number of thioether (sulfide) groups is 1. The van der Waals surface area contributed by atoms with Crippen LogP contribution in [0.1, 0.15) is 20.3 Å². The third kappa shape index (κ3) is 4.98. The van der Waals surface area contributed by atoms with Gasteiger partial charge in [-0.3, -0.25) is 4.79 Å². The summed E-state index contributed by atoms with van der Waals surface area (Å²) in [6.07, 6.45) is 0.757. The van der Waals surface area contributed by atoms with Crippen LogP contribution in [0.2, 0.25) is 0 Å². The Bertz CT molecular complexity index is 179. The highest BCUT2D eigenvalue weighted by Gasteiger charge is 2.16. The normalized spacial score (nSPS) is 22.6. The second-order valence-corrected chi connectivity index (χ2v) is 4.98. The number of hydrogen-bond donors (Lipinski definition) is 1. The van der Waals surface area contributed by atoms with E-state index < -0.39 is 0 Å². The zero-order valence-corrected chi connectivity index (χ0v) is 9.73. The lowest BCUT2D eigenvalue weighted by Crippen LogP contribution is -2.39. The van der Waals surface area contributed by atoms with E-state index in [1.165, 1.54) is 0 Å². The van der Waals surface area contributed by atoms with Gasteiger partial charge in [-0.15, -0.1) is 0 Å². The van der Waals surface area contributed by atoms with Gasteiger partial charge in [0.05, 0.1) is 6.10 Å². The predicted molar refractivity (Wildman–Crippen MR) is 59.8 cm³/mol. The van der Waals surface area contributed by atoms with Crippen LogP contribution in [0.25, 0.3) is 0 Å². The summed E-state index contributed by atoms with van der Waals surface area (Å²) in [5.74, 6) is 2.42. The molecule has 0 spiro atoms. The number of nitrogens with one attached hydrogen (secondary N) is 1. The van der Waals surface area contributed by atoms with E-state index in [1.807, 2.05) is 25.6 Å². The topological polar surface area (TPSA) is 38.3 Å². The van der Waals surface area contributed by atoms with Crippen LogP contribution in [0.4, 0.5) is 0 Å². The summed E-state index contributed by atoms with van der Waals surface area (Å²) < 4.78 is 5.26. The van der Waals surface area contributed by atoms with E-state index in [1.54, 1.807) is 0 Å². The molecule has 0 saturated carbocycles. The Hall–Kier alpha value is -0.0600. The summed E-state index contributed by atoms with van der Waals surface area (Å²) >= 11 is 1.91. The number of hydrogen-bond acceptors (Lipinski definition) is 4. The first-order valence-electron chi connectivity index (χ1n) is 5.13. The molecule has 0 radical (unpaired) electrons. The molecule has 1 saturated heterocycles. The van der Waals surface area contributed by atoms with Crippen molar-refractivity contribution in [3.8, 4) is 0 Å². The largest absolute Gasteiger partial charge is 0.371 e. The van der Waals surface area contributed by atoms with Crippen molar-refractivity contribution in [2.24, 2.45) is 0 Å². The highest BCUT2D eigenvalue weighted by Crippen LogP contribution is 2.10. The average molecular weight is 217 g/mol. The molecule has 0 aromatic heterocycles. The molecule has 3 nitrogen and oxygen atoms in total. The van der Waals surface area contributed by atoms with E-state index in [-0.39, 0.29) is 18.5 Å². The van der Waals surface area contributed by atoms with Crippen molar-refractivity contribution in [3.05, 3.63) is 0 Å². The summed E-state index contributed by atoms with van der Waals surface area (Å²) in [5.41, 5.74) is 0. The van der Waals surface area contributed by atoms with Crippen molar-refractivity contribution in [2.45, 2.75) is 32.4 Å². The van der Waals surface area contributed by atoms with Gasteiger partial charge in [0.25, 0.3) is 0 Å². The van der Waals surface area contributed by atoms with Crippen LogP contribution in [0.5, 0.6) is 0 Å². The summed E-state index contributed by atoms with van der Waals surface area (Å²) in [6, 6.07) is 0.358. The molecule has 0 aromatic rings. The maximum atomic E-state index is 11.4. The molecule has 0 amide bonds. The molecular formula is C10H19NO2S. The number of rotatable bonds is 5. The first-order valence-corrected chi connectivity index (χ1v) is 6.28. The van der Waals surface area contributed by atoms with E-state index in [0.717, 1.165) is 18.1 Å². The summed E-state index contributed by atoms with van der Waals surface area (Å²) in [7, 11) is 0. The summed E-state index contributed by atoms with van der Waals surface area (Å²) in [6.45, 7) is 5.18. The standard InChI is InChI=1S/C10H19NO2S/c1-8(2)13-6-10(12)5-9-7-14-4-3-11-9/h8-9,11H,3-7H2,1-2H3. The number of Topliss-reactive ketones (excluding diaryl/α,β-unsaturated/α-hetero) is 1. The smallest absolute Gasteiger partial charge is 0.160 e. The van der Waals surface area contributed by atoms with E-state index in [0.29, 0.717) is 12.5 Å².